The highest BCUT2D eigenvalue weighted by Gasteiger charge is 2.15. The van der Waals surface area contributed by atoms with Gasteiger partial charge in [0.25, 0.3) is 5.91 Å². The molecule has 0 fully saturated rings. The first-order chi connectivity index (χ1) is 13.1. The number of hydrogen-bond acceptors (Lipinski definition) is 6. The molecule has 27 heavy (non-hydrogen) atoms. The van der Waals surface area contributed by atoms with Crippen molar-refractivity contribution >= 4 is 27.9 Å². The van der Waals surface area contributed by atoms with Crippen molar-refractivity contribution in [3.05, 3.63) is 59.9 Å². The Kier molecular flexibility index (Phi) is 4.55. The molecule has 0 spiro atoms. The summed E-state index contributed by atoms with van der Waals surface area (Å²) in [4.78, 5) is 13.1. The minimum atomic E-state index is -0.233. The number of benzene rings is 2. The molecule has 0 aliphatic carbocycles. The van der Waals surface area contributed by atoms with E-state index in [4.69, 9.17) is 4.74 Å². The molecule has 1 N–H and O–H groups in total. The van der Waals surface area contributed by atoms with Crippen LogP contribution in [0, 0.1) is 13.8 Å². The van der Waals surface area contributed by atoms with Crippen LogP contribution in [0.4, 0.5) is 5.69 Å². The van der Waals surface area contributed by atoms with Crippen molar-refractivity contribution in [3.8, 4) is 16.3 Å². The molecule has 4 aromatic rings. The Hall–Kier alpha value is -3.26. The molecule has 8 heteroatoms. The summed E-state index contributed by atoms with van der Waals surface area (Å²) in [6, 6.07) is 15.1. The summed E-state index contributed by atoms with van der Waals surface area (Å²) in [7, 11) is 0. The summed E-state index contributed by atoms with van der Waals surface area (Å²) < 4.78 is 7.26. The number of carbonyl (C=O) groups is 1. The summed E-state index contributed by atoms with van der Waals surface area (Å²) in [5, 5.41) is 16.3. The lowest BCUT2D eigenvalue weighted by atomic mass is 10.2. The molecule has 2 heterocycles. The van der Waals surface area contributed by atoms with E-state index in [1.807, 2.05) is 62.4 Å². The fourth-order valence-electron chi connectivity index (χ4n) is 2.64. The smallest absolute Gasteiger partial charge is 0.262 e. The van der Waals surface area contributed by atoms with E-state index in [0.29, 0.717) is 16.4 Å². The molecular formula is C19H17N5O2S. The lowest BCUT2D eigenvalue weighted by Crippen LogP contribution is -2.20. The number of ether oxygens (including phenoxy) is 1. The third-order valence-corrected chi connectivity index (χ3v) is 4.87. The van der Waals surface area contributed by atoms with Gasteiger partial charge in [-0.2, -0.15) is 9.61 Å². The van der Waals surface area contributed by atoms with E-state index in [1.54, 1.807) is 4.52 Å². The summed E-state index contributed by atoms with van der Waals surface area (Å²) >= 11 is 1.42. The number of aromatic nitrogens is 4. The van der Waals surface area contributed by atoms with E-state index < -0.39 is 0 Å². The van der Waals surface area contributed by atoms with Crippen LogP contribution in [0.1, 0.15) is 11.4 Å². The lowest BCUT2D eigenvalue weighted by Gasteiger charge is -2.10. The van der Waals surface area contributed by atoms with Crippen LogP contribution < -0.4 is 10.1 Å². The molecule has 0 saturated heterocycles. The van der Waals surface area contributed by atoms with E-state index in [9.17, 15) is 4.79 Å². The van der Waals surface area contributed by atoms with Gasteiger partial charge in [0.2, 0.25) is 4.96 Å². The van der Waals surface area contributed by atoms with Gasteiger partial charge >= 0.3 is 0 Å². The van der Waals surface area contributed by atoms with Gasteiger partial charge in [0, 0.05) is 5.56 Å². The average Bonchev–Trinajstić information content (AvgIpc) is 3.23. The molecular weight excluding hydrogens is 362 g/mol. The lowest BCUT2D eigenvalue weighted by molar-refractivity contribution is -0.118. The van der Waals surface area contributed by atoms with Crippen molar-refractivity contribution in [2.75, 3.05) is 11.9 Å². The Labute approximate surface area is 159 Å². The fourth-order valence-corrected chi connectivity index (χ4v) is 3.57. The number of rotatable bonds is 5. The number of carbonyl (C=O) groups excluding carboxylic acids is 1. The quantitative estimate of drug-likeness (QED) is 0.574. The van der Waals surface area contributed by atoms with E-state index >= 15 is 0 Å². The molecule has 7 nitrogen and oxygen atoms in total. The van der Waals surface area contributed by atoms with Crippen molar-refractivity contribution in [2.45, 2.75) is 13.8 Å². The topological polar surface area (TPSA) is 81.4 Å². The van der Waals surface area contributed by atoms with E-state index in [2.05, 4.69) is 20.6 Å². The SMILES string of the molecule is Cc1cccc(OCC(=O)Nc2ccccc2-c2nn3c(C)nnc3s2)c1. The van der Waals surface area contributed by atoms with Gasteiger partial charge in [-0.25, -0.2) is 0 Å². The van der Waals surface area contributed by atoms with Gasteiger partial charge in [0.15, 0.2) is 12.4 Å². The molecule has 0 unspecified atom stereocenters. The second kappa shape index (κ2) is 7.16. The Morgan fingerprint density at radius 1 is 1.15 bits per heavy atom. The Bertz CT molecular complexity index is 1120. The van der Waals surface area contributed by atoms with Crippen molar-refractivity contribution < 1.29 is 9.53 Å². The summed E-state index contributed by atoms with van der Waals surface area (Å²) in [5.41, 5.74) is 2.59. The monoisotopic (exact) mass is 379 g/mol. The van der Waals surface area contributed by atoms with Crippen molar-refractivity contribution in [1.82, 2.24) is 19.8 Å². The third kappa shape index (κ3) is 3.65. The molecule has 0 aliphatic rings. The molecule has 4 rings (SSSR count). The highest BCUT2D eigenvalue weighted by molar-refractivity contribution is 7.19. The number of hydrogen-bond donors (Lipinski definition) is 1. The van der Waals surface area contributed by atoms with Gasteiger partial charge in [-0.05, 0) is 43.7 Å². The minimum Gasteiger partial charge on any atom is -0.484 e. The van der Waals surface area contributed by atoms with E-state index in [-0.39, 0.29) is 12.5 Å². The second-order valence-corrected chi connectivity index (χ2v) is 7.00. The molecule has 0 saturated carbocycles. The summed E-state index contributed by atoms with van der Waals surface area (Å²) in [5.74, 6) is 1.16. The van der Waals surface area contributed by atoms with Crippen LogP contribution in [-0.4, -0.2) is 32.3 Å². The van der Waals surface area contributed by atoms with E-state index in [0.717, 1.165) is 22.0 Å². The Morgan fingerprint density at radius 3 is 2.81 bits per heavy atom. The number of aryl methyl sites for hydroxylation is 2. The third-order valence-electron chi connectivity index (χ3n) is 3.94. The predicted molar refractivity (Wildman–Crippen MR) is 104 cm³/mol. The zero-order valence-electron chi connectivity index (χ0n) is 14.8. The first-order valence-corrected chi connectivity index (χ1v) is 9.19. The van der Waals surface area contributed by atoms with Crippen molar-refractivity contribution in [3.63, 3.8) is 0 Å². The molecule has 2 aromatic carbocycles. The predicted octanol–water partition coefficient (Wildman–Crippen LogP) is 3.49. The Balaban J connectivity index is 1.51. The van der Waals surface area contributed by atoms with Crippen LogP contribution in [-0.2, 0) is 4.79 Å². The summed E-state index contributed by atoms with van der Waals surface area (Å²) in [6.45, 7) is 3.76. The van der Waals surface area contributed by atoms with Gasteiger partial charge in [-0.1, -0.05) is 35.6 Å². The van der Waals surface area contributed by atoms with Crippen molar-refractivity contribution in [2.24, 2.45) is 0 Å². The average molecular weight is 379 g/mol. The summed E-state index contributed by atoms with van der Waals surface area (Å²) in [6.07, 6.45) is 0. The van der Waals surface area contributed by atoms with Crippen LogP contribution in [0.5, 0.6) is 5.75 Å². The molecule has 0 atom stereocenters. The maximum Gasteiger partial charge on any atom is 0.262 e. The van der Waals surface area contributed by atoms with E-state index in [1.165, 1.54) is 11.3 Å². The number of amides is 1. The van der Waals surface area contributed by atoms with Crippen LogP contribution >= 0.6 is 11.3 Å². The van der Waals surface area contributed by atoms with Gasteiger partial charge in [-0.15, -0.1) is 10.2 Å². The molecule has 0 aliphatic heterocycles. The minimum absolute atomic E-state index is 0.0675. The zero-order valence-corrected chi connectivity index (χ0v) is 15.7. The number of nitrogens with zero attached hydrogens (tertiary/aromatic N) is 4. The molecule has 0 radical (unpaired) electrons. The highest BCUT2D eigenvalue weighted by Crippen LogP contribution is 2.31. The van der Waals surface area contributed by atoms with Gasteiger partial charge < -0.3 is 10.1 Å². The van der Waals surface area contributed by atoms with Gasteiger partial charge in [0.05, 0.1) is 5.69 Å². The standard InChI is InChI=1S/C19H17N5O2S/c1-12-6-5-7-14(10-12)26-11-17(25)20-16-9-4-3-8-15(16)18-23-24-13(2)21-22-19(24)27-18/h3-10H,11H2,1-2H3,(H,20,25). The van der Waals surface area contributed by atoms with Crippen molar-refractivity contribution in [1.29, 1.82) is 0 Å². The van der Waals surface area contributed by atoms with Gasteiger partial charge in [-0.3, -0.25) is 4.79 Å². The largest absolute Gasteiger partial charge is 0.484 e. The zero-order chi connectivity index (χ0) is 18.8. The maximum atomic E-state index is 12.3. The number of nitrogens with one attached hydrogen (secondary N) is 1. The molecule has 1 amide bonds. The maximum absolute atomic E-state index is 12.3. The molecule has 2 aromatic heterocycles. The first-order valence-electron chi connectivity index (χ1n) is 8.38. The second-order valence-electron chi connectivity index (χ2n) is 6.05. The van der Waals surface area contributed by atoms with Gasteiger partial charge in [0.1, 0.15) is 10.8 Å². The highest BCUT2D eigenvalue weighted by atomic mass is 32.1. The number of fused-ring (bicyclic) bond motifs is 1. The molecule has 136 valence electrons. The molecule has 0 bridgehead atoms. The number of para-hydroxylation sites is 1. The van der Waals surface area contributed by atoms with Crippen LogP contribution in [0.25, 0.3) is 15.5 Å². The number of anilines is 1. The first kappa shape index (κ1) is 17.2. The fraction of sp³-hybridized carbons (Fsp3) is 0.158. The van der Waals surface area contributed by atoms with Crippen LogP contribution in [0.3, 0.4) is 0 Å². The normalized spacial score (nSPS) is 10.9. The van der Waals surface area contributed by atoms with Crippen LogP contribution in [0.15, 0.2) is 48.5 Å². The van der Waals surface area contributed by atoms with Crippen LogP contribution in [0.2, 0.25) is 0 Å². The Morgan fingerprint density at radius 2 is 2.00 bits per heavy atom.